The number of halogens is 1. The van der Waals surface area contributed by atoms with Crippen LogP contribution in [-0.4, -0.2) is 24.0 Å². The first kappa shape index (κ1) is 10.8. The van der Waals surface area contributed by atoms with Gasteiger partial charge >= 0.3 is 0 Å². The van der Waals surface area contributed by atoms with Crippen LogP contribution >= 0.6 is 0 Å². The molecule has 0 heterocycles. The van der Waals surface area contributed by atoms with Gasteiger partial charge in [0.2, 0.25) is 0 Å². The minimum Gasteiger partial charge on any atom is -0.395 e. The summed E-state index contributed by atoms with van der Waals surface area (Å²) < 4.78 is 13.1. The molecule has 1 aromatic carbocycles. The molecule has 3 N–H and O–H groups in total. The number of hydrogen-bond donors (Lipinski definition) is 2. The predicted molar refractivity (Wildman–Crippen MR) is 50.6 cm³/mol. The molecule has 0 amide bonds. The Bertz CT molecular complexity index is 328. The van der Waals surface area contributed by atoms with Crippen LogP contribution in [0.5, 0.6) is 0 Å². The number of aldehydes is 1. The molecular formula is C10H12FNO2. The van der Waals surface area contributed by atoms with Crippen LogP contribution in [-0.2, 0) is 6.42 Å². The van der Waals surface area contributed by atoms with Gasteiger partial charge in [0.1, 0.15) is 5.82 Å². The molecule has 0 fully saturated rings. The van der Waals surface area contributed by atoms with Crippen molar-refractivity contribution in [1.29, 1.82) is 0 Å². The van der Waals surface area contributed by atoms with E-state index in [9.17, 15) is 9.18 Å². The quantitative estimate of drug-likeness (QED) is 0.691. The highest BCUT2D eigenvalue weighted by Gasteiger charge is 2.05. The average molecular weight is 197 g/mol. The normalized spacial score (nSPS) is 12.5. The van der Waals surface area contributed by atoms with Gasteiger partial charge in [0, 0.05) is 6.04 Å². The summed E-state index contributed by atoms with van der Waals surface area (Å²) in [5, 5.41) is 8.69. The van der Waals surface area contributed by atoms with Crippen molar-refractivity contribution in [3.8, 4) is 0 Å². The summed E-state index contributed by atoms with van der Waals surface area (Å²) in [6.45, 7) is -0.142. The minimum absolute atomic E-state index is 0.0336. The summed E-state index contributed by atoms with van der Waals surface area (Å²) in [6.07, 6.45) is 0.859. The van der Waals surface area contributed by atoms with E-state index in [-0.39, 0.29) is 12.2 Å². The fourth-order valence-corrected chi connectivity index (χ4v) is 1.16. The predicted octanol–water partition coefficient (Wildman–Crippen LogP) is 0.500. The molecule has 3 nitrogen and oxygen atoms in total. The van der Waals surface area contributed by atoms with Crippen LogP contribution < -0.4 is 5.73 Å². The number of benzene rings is 1. The van der Waals surface area contributed by atoms with E-state index in [4.69, 9.17) is 10.8 Å². The van der Waals surface area contributed by atoms with Gasteiger partial charge in [0.15, 0.2) is 6.29 Å². The Balaban J connectivity index is 2.81. The van der Waals surface area contributed by atoms with E-state index in [0.29, 0.717) is 18.3 Å². The fraction of sp³-hybridized carbons (Fsp3) is 0.300. The number of carbonyl (C=O) groups is 1. The summed E-state index contributed by atoms with van der Waals surface area (Å²) >= 11 is 0. The van der Waals surface area contributed by atoms with Gasteiger partial charge in [-0.1, -0.05) is 6.07 Å². The Hall–Kier alpha value is -1.26. The zero-order valence-corrected chi connectivity index (χ0v) is 7.61. The summed E-state index contributed by atoms with van der Waals surface area (Å²) in [5.41, 5.74) is 6.19. The molecule has 4 heteroatoms. The zero-order chi connectivity index (χ0) is 10.6. The van der Waals surface area contributed by atoms with Crippen molar-refractivity contribution in [3.63, 3.8) is 0 Å². The Morgan fingerprint density at radius 3 is 2.79 bits per heavy atom. The average Bonchev–Trinajstić information content (AvgIpc) is 2.18. The van der Waals surface area contributed by atoms with Gasteiger partial charge in [0.25, 0.3) is 0 Å². The highest BCUT2D eigenvalue weighted by atomic mass is 19.1. The Morgan fingerprint density at radius 2 is 2.29 bits per heavy atom. The maximum absolute atomic E-state index is 13.1. The Labute approximate surface area is 81.4 Å². The third-order valence-corrected chi connectivity index (χ3v) is 1.92. The van der Waals surface area contributed by atoms with Crippen LogP contribution in [0.15, 0.2) is 18.2 Å². The van der Waals surface area contributed by atoms with Gasteiger partial charge in [-0.05, 0) is 24.1 Å². The van der Waals surface area contributed by atoms with Crippen LogP contribution in [0, 0.1) is 5.82 Å². The maximum Gasteiger partial charge on any atom is 0.152 e. The van der Waals surface area contributed by atoms with Crippen LogP contribution in [0.2, 0.25) is 0 Å². The first-order chi connectivity index (χ1) is 6.67. The van der Waals surface area contributed by atoms with Gasteiger partial charge in [-0.15, -0.1) is 0 Å². The molecule has 0 aliphatic carbocycles. The Kier molecular flexibility index (Phi) is 3.73. The molecule has 1 atom stereocenters. The van der Waals surface area contributed by atoms with Gasteiger partial charge < -0.3 is 10.8 Å². The molecule has 0 saturated heterocycles. The number of nitrogens with two attached hydrogens (primary N) is 1. The van der Waals surface area contributed by atoms with Crippen molar-refractivity contribution in [2.75, 3.05) is 6.61 Å². The van der Waals surface area contributed by atoms with E-state index >= 15 is 0 Å². The van der Waals surface area contributed by atoms with Crippen LogP contribution in [0.4, 0.5) is 4.39 Å². The first-order valence-corrected chi connectivity index (χ1v) is 4.27. The second-order valence-corrected chi connectivity index (χ2v) is 3.12. The van der Waals surface area contributed by atoms with Gasteiger partial charge in [-0.2, -0.15) is 0 Å². The molecule has 14 heavy (non-hydrogen) atoms. The smallest absolute Gasteiger partial charge is 0.152 e. The molecule has 76 valence electrons. The van der Waals surface area contributed by atoms with Crippen molar-refractivity contribution in [3.05, 3.63) is 35.1 Å². The van der Waals surface area contributed by atoms with Gasteiger partial charge in [-0.25, -0.2) is 4.39 Å². The molecule has 0 radical (unpaired) electrons. The number of rotatable bonds is 4. The lowest BCUT2D eigenvalue weighted by atomic mass is 10.1. The molecule has 0 bridgehead atoms. The SMILES string of the molecule is NC(CO)Cc1ccc(C=O)c(F)c1. The second-order valence-electron chi connectivity index (χ2n) is 3.12. The molecule has 1 aromatic rings. The van der Waals surface area contributed by atoms with Crippen LogP contribution in [0.25, 0.3) is 0 Å². The van der Waals surface area contributed by atoms with Crippen molar-refractivity contribution >= 4 is 6.29 Å². The van der Waals surface area contributed by atoms with E-state index in [1.165, 1.54) is 12.1 Å². The lowest BCUT2D eigenvalue weighted by molar-refractivity contribution is 0.112. The lowest BCUT2D eigenvalue weighted by Gasteiger charge is -2.08. The molecule has 1 rings (SSSR count). The van der Waals surface area contributed by atoms with Crippen molar-refractivity contribution < 1.29 is 14.3 Å². The topological polar surface area (TPSA) is 63.3 Å². The molecule has 0 aliphatic heterocycles. The van der Waals surface area contributed by atoms with E-state index in [0.717, 1.165) is 0 Å². The van der Waals surface area contributed by atoms with Crippen LogP contribution in [0.1, 0.15) is 15.9 Å². The van der Waals surface area contributed by atoms with Crippen molar-refractivity contribution in [2.24, 2.45) is 5.73 Å². The third kappa shape index (κ3) is 2.61. The van der Waals surface area contributed by atoms with E-state index in [1.54, 1.807) is 6.07 Å². The Morgan fingerprint density at radius 1 is 1.57 bits per heavy atom. The standard InChI is InChI=1S/C10H12FNO2/c11-10-4-7(3-9(12)6-14)1-2-8(10)5-13/h1-2,4-5,9,14H,3,6,12H2. The molecule has 0 saturated carbocycles. The first-order valence-electron chi connectivity index (χ1n) is 4.27. The van der Waals surface area contributed by atoms with E-state index in [1.807, 2.05) is 0 Å². The lowest BCUT2D eigenvalue weighted by Crippen LogP contribution is -2.26. The van der Waals surface area contributed by atoms with Crippen molar-refractivity contribution in [1.82, 2.24) is 0 Å². The van der Waals surface area contributed by atoms with Gasteiger partial charge in [0.05, 0.1) is 12.2 Å². The number of aliphatic hydroxyl groups is 1. The zero-order valence-electron chi connectivity index (χ0n) is 7.61. The minimum atomic E-state index is -0.553. The third-order valence-electron chi connectivity index (χ3n) is 1.92. The fourth-order valence-electron chi connectivity index (χ4n) is 1.16. The number of aliphatic hydroxyl groups excluding tert-OH is 1. The van der Waals surface area contributed by atoms with Crippen molar-refractivity contribution in [2.45, 2.75) is 12.5 Å². The summed E-state index contributed by atoms with van der Waals surface area (Å²) in [5.74, 6) is -0.553. The summed E-state index contributed by atoms with van der Waals surface area (Å²) in [4.78, 5) is 10.3. The molecule has 0 aromatic heterocycles. The highest BCUT2D eigenvalue weighted by molar-refractivity contribution is 5.75. The van der Waals surface area contributed by atoms with Crippen LogP contribution in [0.3, 0.4) is 0 Å². The highest BCUT2D eigenvalue weighted by Crippen LogP contribution is 2.09. The number of carbonyl (C=O) groups excluding carboxylic acids is 1. The molecule has 0 spiro atoms. The molecule has 1 unspecified atom stereocenters. The number of hydrogen-bond acceptors (Lipinski definition) is 3. The molecule has 0 aliphatic rings. The van der Waals surface area contributed by atoms with E-state index in [2.05, 4.69) is 0 Å². The largest absolute Gasteiger partial charge is 0.395 e. The second kappa shape index (κ2) is 4.83. The summed E-state index contributed by atoms with van der Waals surface area (Å²) in [6, 6.07) is 3.90. The monoisotopic (exact) mass is 197 g/mol. The maximum atomic E-state index is 13.1. The van der Waals surface area contributed by atoms with Gasteiger partial charge in [-0.3, -0.25) is 4.79 Å². The molecular weight excluding hydrogens is 185 g/mol. The summed E-state index contributed by atoms with van der Waals surface area (Å²) in [7, 11) is 0. The van der Waals surface area contributed by atoms with E-state index < -0.39 is 11.9 Å².